The molecular weight excluding hydrogens is 775 g/mol. The second-order valence-corrected chi connectivity index (χ2v) is 16.8. The molecule has 64 heavy (non-hydrogen) atoms. The zero-order valence-electron chi connectivity index (χ0n) is 34.9. The summed E-state index contributed by atoms with van der Waals surface area (Å²) in [5.41, 5.74) is 12.1. The predicted octanol–water partition coefficient (Wildman–Crippen LogP) is 17.8. The zero-order chi connectivity index (χ0) is 42.1. The van der Waals surface area contributed by atoms with Gasteiger partial charge in [0.1, 0.15) is 11.2 Å². The predicted molar refractivity (Wildman–Crippen MR) is 272 cm³/mol. The average molecular weight is 814 g/mol. The van der Waals surface area contributed by atoms with Crippen LogP contribution in [0.1, 0.15) is 0 Å². The van der Waals surface area contributed by atoms with Crippen LogP contribution in [0.2, 0.25) is 0 Å². The Labute approximate surface area is 370 Å². The molecule has 2 heteroatoms. The van der Waals surface area contributed by atoms with Gasteiger partial charge in [-0.3, -0.25) is 0 Å². The van der Waals surface area contributed by atoms with Crippen molar-refractivity contribution in [3.05, 3.63) is 237 Å². The van der Waals surface area contributed by atoms with E-state index in [1.807, 2.05) is 0 Å². The maximum absolute atomic E-state index is 6.55. The smallest absolute Gasteiger partial charge is 0.143 e. The van der Waals surface area contributed by atoms with Crippen LogP contribution in [0.15, 0.2) is 241 Å². The van der Waals surface area contributed by atoms with E-state index in [1.165, 1.54) is 70.7 Å². The minimum absolute atomic E-state index is 0.888. The van der Waals surface area contributed by atoms with E-state index >= 15 is 0 Å². The molecule has 0 spiro atoms. The molecule has 0 atom stereocenters. The average Bonchev–Trinajstić information content (AvgIpc) is 3.75. The van der Waals surface area contributed by atoms with Crippen LogP contribution < -0.4 is 4.90 Å². The molecule has 1 aromatic heterocycles. The van der Waals surface area contributed by atoms with Crippen LogP contribution in [0, 0.1) is 0 Å². The molecule has 0 fully saturated rings. The Bertz CT molecular complexity index is 3950. The van der Waals surface area contributed by atoms with Gasteiger partial charge in [-0.15, -0.1) is 0 Å². The fraction of sp³-hybridized carbons (Fsp3) is 0. The maximum Gasteiger partial charge on any atom is 0.143 e. The van der Waals surface area contributed by atoms with Crippen LogP contribution in [0.4, 0.5) is 17.1 Å². The molecule has 13 aromatic rings. The maximum atomic E-state index is 6.55. The summed E-state index contributed by atoms with van der Waals surface area (Å²) in [6.07, 6.45) is 0. The number of furan rings is 1. The largest absolute Gasteiger partial charge is 0.455 e. The highest BCUT2D eigenvalue weighted by atomic mass is 16.3. The van der Waals surface area contributed by atoms with Gasteiger partial charge in [0.25, 0.3) is 0 Å². The number of benzene rings is 12. The summed E-state index contributed by atoms with van der Waals surface area (Å²) in [4.78, 5) is 2.40. The molecule has 0 saturated heterocycles. The molecule has 2 nitrogen and oxygen atoms in total. The summed E-state index contributed by atoms with van der Waals surface area (Å²) >= 11 is 0. The number of hydrogen-bond acceptors (Lipinski definition) is 2. The van der Waals surface area contributed by atoms with Crippen LogP contribution in [-0.2, 0) is 0 Å². The molecule has 0 N–H and O–H groups in total. The molecular formula is C62H39NO. The summed E-state index contributed by atoms with van der Waals surface area (Å²) in [5, 5.41) is 14.6. The van der Waals surface area contributed by atoms with Crippen LogP contribution >= 0.6 is 0 Å². The second-order valence-electron chi connectivity index (χ2n) is 16.8. The molecule has 298 valence electrons. The Hall–Kier alpha value is -8.46. The Morgan fingerprint density at radius 2 is 0.781 bits per heavy atom. The third-order valence-electron chi connectivity index (χ3n) is 13.2. The van der Waals surface area contributed by atoms with E-state index in [0.29, 0.717) is 0 Å². The molecule has 0 bridgehead atoms. The van der Waals surface area contributed by atoms with Gasteiger partial charge in [0.05, 0.1) is 5.69 Å². The van der Waals surface area contributed by atoms with E-state index in [0.717, 1.165) is 55.5 Å². The first-order valence-electron chi connectivity index (χ1n) is 22.0. The second kappa shape index (κ2) is 14.6. The van der Waals surface area contributed by atoms with Crippen molar-refractivity contribution in [3.8, 4) is 33.4 Å². The molecule has 0 aliphatic carbocycles. The molecule has 12 aromatic carbocycles. The first kappa shape index (κ1) is 36.2. The Kier molecular flexibility index (Phi) is 8.25. The van der Waals surface area contributed by atoms with Crippen molar-refractivity contribution in [1.82, 2.24) is 0 Å². The number of hydrogen-bond donors (Lipinski definition) is 0. The van der Waals surface area contributed by atoms with Crippen LogP contribution in [-0.4, -0.2) is 0 Å². The van der Waals surface area contributed by atoms with Crippen LogP contribution in [0.5, 0.6) is 0 Å². The molecule has 13 rings (SSSR count). The minimum atomic E-state index is 0.888. The lowest BCUT2D eigenvalue weighted by Gasteiger charge is -2.28. The first-order valence-corrected chi connectivity index (χ1v) is 22.0. The van der Waals surface area contributed by atoms with Crippen molar-refractivity contribution in [3.63, 3.8) is 0 Å². The van der Waals surface area contributed by atoms with E-state index in [1.54, 1.807) is 0 Å². The number of fused-ring (bicyclic) bond motifs is 11. The lowest BCUT2D eigenvalue weighted by atomic mass is 9.93. The van der Waals surface area contributed by atoms with Gasteiger partial charge < -0.3 is 9.32 Å². The van der Waals surface area contributed by atoms with Gasteiger partial charge in [-0.1, -0.05) is 176 Å². The fourth-order valence-corrected chi connectivity index (χ4v) is 10.1. The monoisotopic (exact) mass is 813 g/mol. The standard InChI is InChI=1S/C62H39NO/c1-4-14-50-41(11-1)21-22-46-37-44(28-34-52(46)50)40-23-30-48(31-24-40)63(49-32-25-43(26-33-49)58-38-45-13-3-5-15-51(45)55-18-7-8-19-56(55)58)60-20-10-9-16-53(60)47-29-36-61-59(39-47)57-35-27-42-12-2-6-17-54(42)62(57)64-61/h1-39H. The van der Waals surface area contributed by atoms with Gasteiger partial charge in [-0.05, 0) is 137 Å². The third kappa shape index (κ3) is 5.88. The SMILES string of the molecule is c1ccc(N(c2ccc(-c3ccc4c(ccc5ccccc54)c3)cc2)c2ccc(-c3cc4ccccc4c4ccccc34)cc2)c(-c2ccc3oc4c5ccccc5ccc4c3c2)c1. The van der Waals surface area contributed by atoms with E-state index < -0.39 is 0 Å². The van der Waals surface area contributed by atoms with Crippen molar-refractivity contribution in [1.29, 1.82) is 0 Å². The Morgan fingerprint density at radius 3 is 1.56 bits per heavy atom. The summed E-state index contributed by atoms with van der Waals surface area (Å²) in [7, 11) is 0. The Morgan fingerprint density at radius 1 is 0.266 bits per heavy atom. The van der Waals surface area contributed by atoms with Crippen molar-refractivity contribution in [2.24, 2.45) is 0 Å². The van der Waals surface area contributed by atoms with E-state index in [2.05, 4.69) is 241 Å². The quantitative estimate of drug-likeness (QED) is 0.156. The lowest BCUT2D eigenvalue weighted by Crippen LogP contribution is -2.11. The normalized spacial score (nSPS) is 11.8. The van der Waals surface area contributed by atoms with Gasteiger partial charge in [-0.25, -0.2) is 0 Å². The van der Waals surface area contributed by atoms with Gasteiger partial charge in [-0.2, -0.15) is 0 Å². The minimum Gasteiger partial charge on any atom is -0.455 e. The van der Waals surface area contributed by atoms with Gasteiger partial charge in [0.15, 0.2) is 0 Å². The lowest BCUT2D eigenvalue weighted by molar-refractivity contribution is 0.672. The zero-order valence-corrected chi connectivity index (χ0v) is 34.9. The molecule has 0 saturated carbocycles. The molecule has 0 amide bonds. The van der Waals surface area contributed by atoms with Gasteiger partial charge >= 0.3 is 0 Å². The summed E-state index contributed by atoms with van der Waals surface area (Å²) in [6.45, 7) is 0. The molecule has 0 aliphatic rings. The number of nitrogens with zero attached hydrogens (tertiary/aromatic N) is 1. The van der Waals surface area contributed by atoms with Gasteiger partial charge in [0, 0.05) is 33.1 Å². The van der Waals surface area contributed by atoms with Crippen molar-refractivity contribution in [2.45, 2.75) is 0 Å². The van der Waals surface area contributed by atoms with Crippen LogP contribution in [0.3, 0.4) is 0 Å². The third-order valence-corrected chi connectivity index (χ3v) is 13.2. The van der Waals surface area contributed by atoms with Crippen molar-refractivity contribution in [2.75, 3.05) is 4.90 Å². The van der Waals surface area contributed by atoms with E-state index in [9.17, 15) is 0 Å². The van der Waals surface area contributed by atoms with E-state index in [4.69, 9.17) is 4.42 Å². The summed E-state index contributed by atoms with van der Waals surface area (Å²) in [6, 6.07) is 86.1. The van der Waals surface area contributed by atoms with E-state index in [-0.39, 0.29) is 0 Å². The molecule has 0 radical (unpaired) electrons. The summed E-state index contributed by atoms with van der Waals surface area (Å²) < 4.78 is 6.55. The summed E-state index contributed by atoms with van der Waals surface area (Å²) in [5.74, 6) is 0. The van der Waals surface area contributed by atoms with Crippen LogP contribution in [0.25, 0.3) is 109 Å². The number of anilines is 3. The van der Waals surface area contributed by atoms with Crippen molar-refractivity contribution < 1.29 is 4.42 Å². The number of para-hydroxylation sites is 1. The number of rotatable bonds is 6. The fourth-order valence-electron chi connectivity index (χ4n) is 10.1. The molecule has 0 unspecified atom stereocenters. The molecule has 0 aliphatic heterocycles. The topological polar surface area (TPSA) is 16.4 Å². The molecule has 1 heterocycles. The highest BCUT2D eigenvalue weighted by Gasteiger charge is 2.20. The Balaban J connectivity index is 0.949. The first-order chi connectivity index (χ1) is 31.7. The highest BCUT2D eigenvalue weighted by Crippen LogP contribution is 2.45. The highest BCUT2D eigenvalue weighted by molar-refractivity contribution is 6.16. The van der Waals surface area contributed by atoms with Crippen molar-refractivity contribution >= 4 is 92.9 Å². The van der Waals surface area contributed by atoms with Gasteiger partial charge in [0.2, 0.25) is 0 Å².